The monoisotopic (exact) mass is 1020 g/mol. The van der Waals surface area contributed by atoms with Crippen molar-refractivity contribution in [2.45, 2.75) is 19.3 Å². The highest BCUT2D eigenvalue weighted by Gasteiger charge is 2.40. The Labute approximate surface area is 436 Å². The van der Waals surface area contributed by atoms with Crippen LogP contribution in [0.4, 0.5) is 11.4 Å². The molecule has 16 nitrogen and oxygen atoms in total. The van der Waals surface area contributed by atoms with E-state index in [1.54, 1.807) is 48.5 Å². The smallest absolute Gasteiger partial charge is 0.338 e. The van der Waals surface area contributed by atoms with Gasteiger partial charge in [-0.2, -0.15) is 0 Å². The Hall–Kier alpha value is -10.6. The van der Waals surface area contributed by atoms with E-state index in [0.717, 1.165) is 27.5 Å². The molecule has 0 bridgehead atoms. The number of anilines is 2. The largest absolute Gasteiger partial charge is 0.478 e. The number of aliphatic carboxylic acids is 2. The van der Waals surface area contributed by atoms with Crippen molar-refractivity contribution in [3.63, 3.8) is 0 Å². The molecule has 2 aliphatic heterocycles. The average molecular weight is 1020 g/mol. The van der Waals surface area contributed by atoms with Crippen molar-refractivity contribution in [2.24, 2.45) is 0 Å². The Morgan fingerprint density at radius 2 is 0.844 bits per heavy atom. The third-order valence-corrected chi connectivity index (χ3v) is 13.4. The lowest BCUT2D eigenvalue weighted by atomic mass is 9.86. The molecule has 0 saturated carbocycles. The molecule has 0 radical (unpaired) electrons. The first kappa shape index (κ1) is 49.9. The van der Waals surface area contributed by atoms with Gasteiger partial charge in [-0.1, -0.05) is 91.0 Å². The summed E-state index contributed by atoms with van der Waals surface area (Å²) in [7, 11) is 0. The number of hydrogen-bond acceptors (Lipinski definition) is 10. The van der Waals surface area contributed by atoms with Crippen LogP contribution < -0.4 is 9.80 Å². The third kappa shape index (κ3) is 9.38. The van der Waals surface area contributed by atoms with Crippen LogP contribution in [0.1, 0.15) is 102 Å². The molecule has 16 heteroatoms. The molecule has 2 heterocycles. The van der Waals surface area contributed by atoms with Crippen LogP contribution in [0.3, 0.4) is 0 Å². The summed E-state index contributed by atoms with van der Waals surface area (Å²) in [6, 6.07) is 37.3. The van der Waals surface area contributed by atoms with Gasteiger partial charge in [0.05, 0.1) is 34.7 Å². The molecule has 0 spiro atoms. The van der Waals surface area contributed by atoms with Crippen LogP contribution in [-0.4, -0.2) is 80.5 Å². The molecule has 4 N–H and O–H groups in total. The van der Waals surface area contributed by atoms with Crippen LogP contribution in [0, 0.1) is 0 Å². The minimum absolute atomic E-state index is 0.0342. The first-order chi connectivity index (χ1) is 37.1. The number of ether oxygens (including phenoxy) is 1. The predicted molar refractivity (Wildman–Crippen MR) is 284 cm³/mol. The summed E-state index contributed by atoms with van der Waals surface area (Å²) < 4.78 is 5.72. The Morgan fingerprint density at radius 1 is 0.442 bits per heavy atom. The molecule has 0 aliphatic carbocycles. The second-order valence-electron chi connectivity index (χ2n) is 18.0. The normalized spacial score (nSPS) is 13.0. The lowest BCUT2D eigenvalue weighted by Crippen LogP contribution is -2.42. The summed E-state index contributed by atoms with van der Waals surface area (Å²) in [5, 5.41) is 39.3. The topological polar surface area (TPSA) is 250 Å². The molecule has 10 rings (SSSR count). The van der Waals surface area contributed by atoms with Gasteiger partial charge in [0.1, 0.15) is 0 Å². The van der Waals surface area contributed by atoms with Gasteiger partial charge in [-0.3, -0.25) is 19.2 Å². The molecule has 378 valence electrons. The van der Waals surface area contributed by atoms with Gasteiger partial charge in [-0.05, 0) is 125 Å². The number of aryl methyl sites for hydroxylation is 1. The van der Waals surface area contributed by atoms with Crippen LogP contribution in [-0.2, 0) is 20.7 Å². The fourth-order valence-corrected chi connectivity index (χ4v) is 9.85. The fourth-order valence-electron chi connectivity index (χ4n) is 9.85. The first-order valence-corrected chi connectivity index (χ1v) is 23.9. The van der Waals surface area contributed by atoms with E-state index < -0.39 is 53.5 Å². The lowest BCUT2D eigenvalue weighted by Gasteiger charge is -2.31. The number of imide groups is 2. The number of hydrogen-bond donors (Lipinski definition) is 4. The van der Waals surface area contributed by atoms with E-state index in [0.29, 0.717) is 52.6 Å². The molecule has 0 atom stereocenters. The van der Waals surface area contributed by atoms with E-state index in [1.165, 1.54) is 78.9 Å². The minimum atomic E-state index is -1.35. The molecule has 4 amide bonds. The zero-order chi connectivity index (χ0) is 54.2. The SMILES string of the molecule is O=C(O)/C=C/c1ccc(-c2ccc3c4c(ccc(C(=O)O)c24)C(=O)N(c2cc(C(=O)OCCCCc4ccccc4)cc(N4C(=O)c5ccc(C(=O)O)c6c(-c7ccc(/C=C/C(=O)O)cc7)ccc(c56)C4=O)c2)C3=O)cc1. The number of benzene rings is 8. The van der Waals surface area contributed by atoms with Crippen LogP contribution in [0.5, 0.6) is 0 Å². The number of amides is 4. The molecule has 0 aromatic heterocycles. The highest BCUT2D eigenvalue weighted by molar-refractivity contribution is 6.40. The summed E-state index contributed by atoms with van der Waals surface area (Å²) in [6.07, 6.45) is 6.51. The van der Waals surface area contributed by atoms with Gasteiger partial charge in [0.25, 0.3) is 23.6 Å². The number of rotatable bonds is 16. The van der Waals surface area contributed by atoms with Gasteiger partial charge < -0.3 is 25.2 Å². The maximum absolute atomic E-state index is 14.9. The second-order valence-corrected chi connectivity index (χ2v) is 18.0. The number of carbonyl (C=O) groups excluding carboxylic acids is 5. The van der Waals surface area contributed by atoms with Crippen molar-refractivity contribution >= 4 is 98.5 Å². The molecule has 0 unspecified atom stereocenters. The van der Waals surface area contributed by atoms with Crippen LogP contribution in [0.2, 0.25) is 0 Å². The number of esters is 1. The predicted octanol–water partition coefficient (Wildman–Crippen LogP) is 10.7. The van der Waals surface area contributed by atoms with Gasteiger partial charge in [0.2, 0.25) is 0 Å². The summed E-state index contributed by atoms with van der Waals surface area (Å²) in [6.45, 7) is -0.0366. The lowest BCUT2D eigenvalue weighted by molar-refractivity contribution is -0.132. The standard InChI is InChI=1S/C61H40N2O14/c64-49(65)27-13-34-9-15-36(16-10-34)41-19-21-43-53-45(23-25-47(51(41)53)59(72)73)57(70)62(55(43)68)39-30-38(61(76)77-29-5-4-8-33-6-2-1-3-7-33)31-40(32-39)63-56(69)44-22-20-42(37-17-11-35(12-18-37)14-28-50(66)67)52-48(60(74)75)26-24-46(54(44)52)58(63)71/h1-3,6-7,9-28,30-32H,4-5,8,29H2,(H,64,65)(H,66,67)(H,72,73)(H,74,75)/b27-13+,28-14+. The van der Waals surface area contributed by atoms with Gasteiger partial charge in [-0.25, -0.2) is 33.8 Å². The number of unbranched alkanes of at least 4 members (excludes halogenated alkanes) is 1. The van der Waals surface area contributed by atoms with Crippen molar-refractivity contribution in [2.75, 3.05) is 16.4 Å². The van der Waals surface area contributed by atoms with Crippen LogP contribution in [0.15, 0.2) is 158 Å². The van der Waals surface area contributed by atoms with Gasteiger partial charge >= 0.3 is 29.8 Å². The number of aromatic carboxylic acids is 2. The number of carboxylic acids is 4. The molecule has 8 aromatic carbocycles. The van der Waals surface area contributed by atoms with Gasteiger partial charge in [0.15, 0.2) is 0 Å². The first-order valence-electron chi connectivity index (χ1n) is 23.9. The van der Waals surface area contributed by atoms with E-state index >= 15 is 0 Å². The number of carbonyl (C=O) groups is 9. The molecular weight excluding hydrogens is 985 g/mol. The van der Waals surface area contributed by atoms with Crippen molar-refractivity contribution in [1.29, 1.82) is 0 Å². The van der Waals surface area contributed by atoms with E-state index in [2.05, 4.69) is 0 Å². The van der Waals surface area contributed by atoms with E-state index in [1.807, 2.05) is 30.3 Å². The average Bonchev–Trinajstić information content (AvgIpc) is 3.49. The number of nitrogens with zero attached hydrogens (tertiary/aromatic N) is 2. The molecule has 77 heavy (non-hydrogen) atoms. The maximum atomic E-state index is 14.9. The Morgan fingerprint density at radius 3 is 1.25 bits per heavy atom. The molecule has 2 aliphatic rings. The second kappa shape index (κ2) is 20.4. The van der Waals surface area contributed by atoms with Crippen molar-refractivity contribution in [3.8, 4) is 22.3 Å². The quantitative estimate of drug-likeness (QED) is 0.0304. The van der Waals surface area contributed by atoms with Crippen molar-refractivity contribution in [3.05, 3.63) is 213 Å². The highest BCUT2D eigenvalue weighted by Crippen LogP contribution is 2.44. The Kier molecular flexibility index (Phi) is 13.2. The molecule has 0 saturated heterocycles. The minimum Gasteiger partial charge on any atom is -0.478 e. The zero-order valence-electron chi connectivity index (χ0n) is 40.3. The zero-order valence-corrected chi connectivity index (χ0v) is 40.3. The van der Waals surface area contributed by atoms with Gasteiger partial charge in [-0.15, -0.1) is 0 Å². The summed E-state index contributed by atoms with van der Waals surface area (Å²) >= 11 is 0. The van der Waals surface area contributed by atoms with Crippen LogP contribution >= 0.6 is 0 Å². The summed E-state index contributed by atoms with van der Waals surface area (Å²) in [5.41, 5.74) is 2.32. The maximum Gasteiger partial charge on any atom is 0.338 e. The van der Waals surface area contributed by atoms with Crippen molar-refractivity contribution in [1.82, 2.24) is 0 Å². The highest BCUT2D eigenvalue weighted by atomic mass is 16.5. The Bertz CT molecular complexity index is 3680. The number of carboxylic acid groups (broad SMARTS) is 4. The Balaban J connectivity index is 1.07. The third-order valence-electron chi connectivity index (χ3n) is 13.4. The van der Waals surface area contributed by atoms with E-state index in [-0.39, 0.29) is 78.5 Å². The molecule has 8 aromatic rings. The fraction of sp³-hybridized carbons (Fsp3) is 0.0656. The van der Waals surface area contributed by atoms with Gasteiger partial charge in [0, 0.05) is 56.0 Å². The van der Waals surface area contributed by atoms with Crippen molar-refractivity contribution < 1.29 is 68.3 Å². The summed E-state index contributed by atoms with van der Waals surface area (Å²) in [5.74, 6) is -9.64. The molecule has 0 fully saturated rings. The van der Waals surface area contributed by atoms with E-state index in [4.69, 9.17) is 14.9 Å². The van der Waals surface area contributed by atoms with Crippen LogP contribution in [0.25, 0.3) is 56.0 Å². The van der Waals surface area contributed by atoms with E-state index in [9.17, 15) is 53.4 Å². The molecular formula is C61H40N2O14. The summed E-state index contributed by atoms with van der Waals surface area (Å²) in [4.78, 5) is 123.